The summed E-state index contributed by atoms with van der Waals surface area (Å²) in [5.41, 5.74) is -0.540. The number of sulfone groups is 1. The second kappa shape index (κ2) is 3.39. The summed E-state index contributed by atoms with van der Waals surface area (Å²) in [6.07, 6.45) is -1.48. The number of rotatable bonds is 1. The molecule has 0 amide bonds. The number of aliphatic hydroxyl groups is 1. The Morgan fingerprint density at radius 3 is 2.00 bits per heavy atom. The minimum absolute atomic E-state index is 0.0163. The number of halogens is 3. The molecule has 1 saturated heterocycles. The van der Waals surface area contributed by atoms with Crippen molar-refractivity contribution in [3.8, 4) is 0 Å². The van der Waals surface area contributed by atoms with E-state index in [0.29, 0.717) is 0 Å². The fraction of sp³-hybridized carbons (Fsp3) is 1.00. The summed E-state index contributed by atoms with van der Waals surface area (Å²) in [5, 5.41) is 8.60. The number of alkyl halides is 3. The van der Waals surface area contributed by atoms with Crippen LogP contribution in [0, 0.1) is 5.41 Å². The van der Waals surface area contributed by atoms with Crippen LogP contribution in [0.3, 0.4) is 0 Å². The molecule has 0 aromatic heterocycles. The normalized spacial score (nSPS) is 32.0. The van der Waals surface area contributed by atoms with Gasteiger partial charge in [0, 0.05) is 0 Å². The van der Waals surface area contributed by atoms with Gasteiger partial charge in [0.2, 0.25) is 3.79 Å². The molecule has 1 N–H and O–H groups in total. The van der Waals surface area contributed by atoms with Crippen molar-refractivity contribution in [1.82, 2.24) is 0 Å². The summed E-state index contributed by atoms with van der Waals surface area (Å²) in [6, 6.07) is 0. The Kier molecular flexibility index (Phi) is 3.11. The van der Waals surface area contributed by atoms with Gasteiger partial charge < -0.3 is 5.11 Å². The van der Waals surface area contributed by atoms with Crippen LogP contribution in [-0.4, -0.2) is 34.4 Å². The minimum atomic E-state index is -3.32. The van der Waals surface area contributed by atoms with Crippen LogP contribution in [0.1, 0.15) is 13.8 Å². The van der Waals surface area contributed by atoms with Crippen molar-refractivity contribution in [1.29, 1.82) is 0 Å². The van der Waals surface area contributed by atoms with Crippen LogP contribution < -0.4 is 0 Å². The Morgan fingerprint density at radius 1 is 1.43 bits per heavy atom. The SMILES string of the molecule is CC1(C)CS(=O)(=O)C1C(O)C(Cl)(Cl)Cl. The molecule has 0 aliphatic carbocycles. The lowest BCUT2D eigenvalue weighted by Gasteiger charge is -2.47. The summed E-state index contributed by atoms with van der Waals surface area (Å²) in [4.78, 5) is 0. The standard InChI is InChI=1S/C7H11Cl3O3S/c1-6(2)3-14(12,13)5(6)4(11)7(8,9)10/h4-5,11H,3H2,1-2H3. The Bertz CT molecular complexity index is 331. The highest BCUT2D eigenvalue weighted by Crippen LogP contribution is 2.47. The summed E-state index contributed by atoms with van der Waals surface area (Å²) >= 11 is 16.4. The van der Waals surface area contributed by atoms with Crippen LogP contribution >= 0.6 is 34.8 Å². The molecule has 14 heavy (non-hydrogen) atoms. The molecule has 0 radical (unpaired) electrons. The molecule has 1 heterocycles. The fourth-order valence-electron chi connectivity index (χ4n) is 1.87. The second-order valence-corrected chi connectivity index (χ2v) is 8.69. The molecule has 0 aromatic rings. The first-order valence-electron chi connectivity index (χ1n) is 3.95. The van der Waals surface area contributed by atoms with Gasteiger partial charge in [0.15, 0.2) is 9.84 Å². The molecule has 0 bridgehead atoms. The van der Waals surface area contributed by atoms with E-state index in [-0.39, 0.29) is 5.75 Å². The van der Waals surface area contributed by atoms with E-state index in [0.717, 1.165) is 0 Å². The molecule has 7 heteroatoms. The van der Waals surface area contributed by atoms with Crippen molar-refractivity contribution < 1.29 is 13.5 Å². The van der Waals surface area contributed by atoms with Crippen LogP contribution in [0.4, 0.5) is 0 Å². The zero-order valence-electron chi connectivity index (χ0n) is 7.67. The maximum absolute atomic E-state index is 11.4. The van der Waals surface area contributed by atoms with Crippen LogP contribution in [0.25, 0.3) is 0 Å². The number of hydrogen-bond donors (Lipinski definition) is 1. The molecule has 3 nitrogen and oxygen atoms in total. The maximum Gasteiger partial charge on any atom is 0.217 e. The van der Waals surface area contributed by atoms with Gasteiger partial charge in [-0.05, 0) is 5.41 Å². The highest BCUT2D eigenvalue weighted by atomic mass is 35.6. The van der Waals surface area contributed by atoms with Crippen molar-refractivity contribution in [2.24, 2.45) is 5.41 Å². The lowest BCUT2D eigenvalue weighted by molar-refractivity contribution is 0.115. The summed E-state index contributed by atoms with van der Waals surface area (Å²) in [5.74, 6) is 0.0163. The lowest BCUT2D eigenvalue weighted by atomic mass is 9.87. The third-order valence-corrected chi connectivity index (χ3v) is 5.84. The van der Waals surface area contributed by atoms with Gasteiger partial charge in [-0.3, -0.25) is 0 Å². The van der Waals surface area contributed by atoms with E-state index in [2.05, 4.69) is 0 Å². The van der Waals surface area contributed by atoms with E-state index < -0.39 is 30.4 Å². The Hall–Kier alpha value is 0.780. The molecular weight excluding hydrogens is 270 g/mol. The monoisotopic (exact) mass is 280 g/mol. The van der Waals surface area contributed by atoms with Crippen molar-refractivity contribution in [2.45, 2.75) is 29.0 Å². The Labute approximate surface area is 98.3 Å². The highest BCUT2D eigenvalue weighted by molar-refractivity contribution is 7.93. The van der Waals surface area contributed by atoms with Gasteiger partial charge in [0.25, 0.3) is 0 Å². The molecular formula is C7H11Cl3O3S. The van der Waals surface area contributed by atoms with E-state index in [1.54, 1.807) is 13.8 Å². The van der Waals surface area contributed by atoms with E-state index >= 15 is 0 Å². The summed E-state index contributed by atoms with van der Waals surface area (Å²) < 4.78 is 20.8. The third-order valence-electron chi connectivity index (χ3n) is 2.35. The van der Waals surface area contributed by atoms with Crippen LogP contribution in [-0.2, 0) is 9.84 Å². The van der Waals surface area contributed by atoms with Crippen molar-refractivity contribution in [3.05, 3.63) is 0 Å². The van der Waals surface area contributed by atoms with E-state index in [4.69, 9.17) is 34.8 Å². The Balaban J connectivity index is 2.98. The van der Waals surface area contributed by atoms with Gasteiger partial charge in [-0.2, -0.15) is 0 Å². The Morgan fingerprint density at radius 2 is 1.86 bits per heavy atom. The van der Waals surface area contributed by atoms with E-state index in [1.165, 1.54) is 0 Å². The van der Waals surface area contributed by atoms with Crippen LogP contribution in [0.5, 0.6) is 0 Å². The number of hydrogen-bond acceptors (Lipinski definition) is 3. The topological polar surface area (TPSA) is 54.4 Å². The molecule has 84 valence electrons. The van der Waals surface area contributed by atoms with Crippen molar-refractivity contribution in [3.63, 3.8) is 0 Å². The lowest BCUT2D eigenvalue weighted by Crippen LogP contribution is -2.62. The molecule has 2 unspecified atom stereocenters. The van der Waals surface area contributed by atoms with Gasteiger partial charge >= 0.3 is 0 Å². The molecule has 2 atom stereocenters. The molecule has 0 aromatic carbocycles. The summed E-state index contributed by atoms with van der Waals surface area (Å²) in [6.45, 7) is 3.44. The molecule has 1 rings (SSSR count). The van der Waals surface area contributed by atoms with E-state index in [1.807, 2.05) is 0 Å². The van der Waals surface area contributed by atoms with Crippen molar-refractivity contribution >= 4 is 44.6 Å². The summed E-state index contributed by atoms with van der Waals surface area (Å²) in [7, 11) is -3.32. The van der Waals surface area contributed by atoms with Crippen LogP contribution in [0.2, 0.25) is 0 Å². The quantitative estimate of drug-likeness (QED) is 0.742. The largest absolute Gasteiger partial charge is 0.387 e. The van der Waals surface area contributed by atoms with E-state index in [9.17, 15) is 13.5 Å². The first-order valence-corrected chi connectivity index (χ1v) is 6.80. The van der Waals surface area contributed by atoms with Gasteiger partial charge in [0.05, 0.1) is 11.0 Å². The average molecular weight is 282 g/mol. The number of aliphatic hydroxyl groups excluding tert-OH is 1. The zero-order chi connectivity index (χ0) is 11.4. The predicted octanol–water partition coefficient (Wildman–Crippen LogP) is 1.54. The molecule has 0 spiro atoms. The minimum Gasteiger partial charge on any atom is -0.387 e. The van der Waals surface area contributed by atoms with Gasteiger partial charge in [-0.15, -0.1) is 0 Å². The average Bonchev–Trinajstić information content (AvgIpc) is 1.78. The highest BCUT2D eigenvalue weighted by Gasteiger charge is 2.59. The first-order chi connectivity index (χ1) is 5.98. The van der Waals surface area contributed by atoms with Crippen LogP contribution in [0.15, 0.2) is 0 Å². The van der Waals surface area contributed by atoms with Crippen molar-refractivity contribution in [2.75, 3.05) is 5.75 Å². The third kappa shape index (κ3) is 2.14. The fourth-order valence-corrected chi connectivity index (χ4v) is 5.23. The second-order valence-electron chi connectivity index (χ2n) is 4.20. The molecule has 1 fully saturated rings. The molecule has 0 saturated carbocycles. The molecule has 1 aliphatic rings. The predicted molar refractivity (Wildman–Crippen MR) is 57.7 cm³/mol. The maximum atomic E-state index is 11.4. The zero-order valence-corrected chi connectivity index (χ0v) is 10.8. The van der Waals surface area contributed by atoms with Gasteiger partial charge in [0.1, 0.15) is 6.10 Å². The molecule has 1 aliphatic heterocycles. The van der Waals surface area contributed by atoms with Gasteiger partial charge in [-0.25, -0.2) is 8.42 Å². The smallest absolute Gasteiger partial charge is 0.217 e. The first kappa shape index (κ1) is 12.8. The van der Waals surface area contributed by atoms with Gasteiger partial charge in [-0.1, -0.05) is 48.7 Å².